The molecule has 1 aliphatic rings. The zero-order valence-electron chi connectivity index (χ0n) is 18.0. The lowest BCUT2D eigenvalue weighted by atomic mass is 10.1. The molecule has 1 saturated heterocycles. The summed E-state index contributed by atoms with van der Waals surface area (Å²) in [6.07, 6.45) is 1.66. The SMILES string of the molecule is Cc1nnc(-c2ccc3nnc(NC(=O)c4ccnc(N5CC(N(C)C)C5)c4)cc3c2)s1. The van der Waals surface area contributed by atoms with Crippen LogP contribution in [-0.4, -0.2) is 69.4 Å². The van der Waals surface area contributed by atoms with Gasteiger partial charge in [0.15, 0.2) is 5.82 Å². The molecule has 1 N–H and O–H groups in total. The zero-order chi connectivity index (χ0) is 22.2. The lowest BCUT2D eigenvalue weighted by Crippen LogP contribution is -2.57. The maximum Gasteiger partial charge on any atom is 0.257 e. The van der Waals surface area contributed by atoms with E-state index in [2.05, 4.69) is 54.6 Å². The van der Waals surface area contributed by atoms with Crippen molar-refractivity contribution in [2.75, 3.05) is 37.4 Å². The average molecular weight is 447 g/mol. The molecule has 4 aromatic rings. The molecule has 0 bridgehead atoms. The number of amides is 1. The van der Waals surface area contributed by atoms with Crippen molar-refractivity contribution in [1.82, 2.24) is 30.3 Å². The van der Waals surface area contributed by atoms with Gasteiger partial charge in [-0.2, -0.15) is 0 Å². The highest BCUT2D eigenvalue weighted by Gasteiger charge is 2.29. The summed E-state index contributed by atoms with van der Waals surface area (Å²) in [5, 5.41) is 22.1. The Morgan fingerprint density at radius 3 is 2.69 bits per heavy atom. The van der Waals surface area contributed by atoms with Gasteiger partial charge >= 0.3 is 0 Å². The summed E-state index contributed by atoms with van der Waals surface area (Å²) >= 11 is 1.53. The van der Waals surface area contributed by atoms with E-state index in [1.165, 1.54) is 11.3 Å². The highest BCUT2D eigenvalue weighted by atomic mass is 32.1. The van der Waals surface area contributed by atoms with Crippen molar-refractivity contribution in [2.24, 2.45) is 0 Å². The van der Waals surface area contributed by atoms with Crippen molar-refractivity contribution in [1.29, 1.82) is 0 Å². The highest BCUT2D eigenvalue weighted by molar-refractivity contribution is 7.14. The molecule has 162 valence electrons. The van der Waals surface area contributed by atoms with Gasteiger partial charge in [-0.25, -0.2) is 4.98 Å². The van der Waals surface area contributed by atoms with E-state index in [-0.39, 0.29) is 5.91 Å². The van der Waals surface area contributed by atoms with Gasteiger partial charge in [0.1, 0.15) is 15.8 Å². The average Bonchev–Trinajstić information content (AvgIpc) is 3.18. The van der Waals surface area contributed by atoms with Gasteiger partial charge in [-0.15, -0.1) is 20.4 Å². The summed E-state index contributed by atoms with van der Waals surface area (Å²) in [7, 11) is 4.14. The van der Waals surface area contributed by atoms with E-state index in [1.54, 1.807) is 12.3 Å². The number of hydrogen-bond acceptors (Lipinski definition) is 9. The number of anilines is 2. The maximum atomic E-state index is 12.8. The van der Waals surface area contributed by atoms with E-state index >= 15 is 0 Å². The van der Waals surface area contributed by atoms with Crippen LogP contribution in [0.1, 0.15) is 15.4 Å². The van der Waals surface area contributed by atoms with Crippen molar-refractivity contribution in [3.8, 4) is 10.6 Å². The molecule has 0 radical (unpaired) electrons. The summed E-state index contributed by atoms with van der Waals surface area (Å²) in [6.45, 7) is 3.73. The van der Waals surface area contributed by atoms with E-state index < -0.39 is 0 Å². The Labute approximate surface area is 189 Å². The minimum atomic E-state index is -0.247. The quantitative estimate of drug-likeness (QED) is 0.500. The number of carbonyl (C=O) groups is 1. The highest BCUT2D eigenvalue weighted by Crippen LogP contribution is 2.27. The van der Waals surface area contributed by atoms with E-state index in [9.17, 15) is 4.79 Å². The van der Waals surface area contributed by atoms with Crippen LogP contribution in [0.4, 0.5) is 11.6 Å². The molecule has 1 fully saturated rings. The number of pyridine rings is 1. The smallest absolute Gasteiger partial charge is 0.257 e. The number of nitrogens with one attached hydrogen (secondary N) is 1. The molecule has 9 nitrogen and oxygen atoms in total. The molecule has 1 aliphatic heterocycles. The summed E-state index contributed by atoms with van der Waals surface area (Å²) in [5.74, 6) is 0.948. The Morgan fingerprint density at radius 1 is 1.09 bits per heavy atom. The topological polar surface area (TPSA) is 100 Å². The maximum absolute atomic E-state index is 12.8. The number of hydrogen-bond donors (Lipinski definition) is 1. The van der Waals surface area contributed by atoms with Gasteiger partial charge in [-0.3, -0.25) is 4.79 Å². The molecule has 4 heterocycles. The third-order valence-electron chi connectivity index (χ3n) is 5.52. The Morgan fingerprint density at radius 2 is 1.94 bits per heavy atom. The summed E-state index contributed by atoms with van der Waals surface area (Å²) < 4.78 is 0. The largest absolute Gasteiger partial charge is 0.353 e. The number of aryl methyl sites for hydroxylation is 1. The standard InChI is InChI=1S/C22H22N8OS/c1-13-25-28-22(32-13)15-4-5-18-16(8-15)9-19(27-26-18)24-21(31)14-6-7-23-20(10-14)30-11-17(12-30)29(2)3/h4-10,17H,11-12H2,1-3H3,(H,24,27,31). The van der Waals surface area contributed by atoms with Gasteiger partial charge in [0.25, 0.3) is 5.91 Å². The number of likely N-dealkylation sites (N-methyl/N-ethyl adjacent to an activating group) is 1. The van der Waals surface area contributed by atoms with Gasteiger partial charge in [0.05, 0.1) is 5.52 Å². The number of rotatable bonds is 5. The van der Waals surface area contributed by atoms with Crippen LogP contribution in [0.15, 0.2) is 42.6 Å². The Balaban J connectivity index is 1.34. The Hall–Kier alpha value is -3.50. The molecule has 0 saturated carbocycles. The summed E-state index contributed by atoms with van der Waals surface area (Å²) in [6, 6.07) is 11.7. The van der Waals surface area contributed by atoms with E-state index in [1.807, 2.05) is 37.3 Å². The van der Waals surface area contributed by atoms with Crippen LogP contribution in [0.2, 0.25) is 0 Å². The Bertz CT molecular complexity index is 1300. The number of benzene rings is 1. The predicted molar refractivity (Wildman–Crippen MR) is 125 cm³/mol. The monoisotopic (exact) mass is 446 g/mol. The first-order valence-electron chi connectivity index (χ1n) is 10.2. The van der Waals surface area contributed by atoms with Crippen LogP contribution >= 0.6 is 11.3 Å². The number of nitrogens with zero attached hydrogens (tertiary/aromatic N) is 7. The van der Waals surface area contributed by atoms with Crippen molar-refractivity contribution >= 4 is 39.8 Å². The molecular weight excluding hydrogens is 424 g/mol. The van der Waals surface area contributed by atoms with Gasteiger partial charge in [0.2, 0.25) is 0 Å². The molecule has 32 heavy (non-hydrogen) atoms. The fraction of sp³-hybridized carbons (Fsp3) is 0.273. The molecule has 5 rings (SSSR count). The van der Waals surface area contributed by atoms with Crippen molar-refractivity contribution < 1.29 is 4.79 Å². The second kappa shape index (κ2) is 8.21. The molecule has 1 amide bonds. The molecular formula is C22H22N8OS. The second-order valence-corrected chi connectivity index (χ2v) is 9.19. The molecule has 0 atom stereocenters. The second-order valence-electron chi connectivity index (χ2n) is 8.01. The van der Waals surface area contributed by atoms with Crippen LogP contribution in [0.5, 0.6) is 0 Å². The van der Waals surface area contributed by atoms with Crippen molar-refractivity contribution in [3.63, 3.8) is 0 Å². The van der Waals surface area contributed by atoms with Crippen molar-refractivity contribution in [2.45, 2.75) is 13.0 Å². The predicted octanol–water partition coefficient (Wildman–Crippen LogP) is 2.85. The number of aromatic nitrogens is 5. The first-order chi connectivity index (χ1) is 15.5. The van der Waals surface area contributed by atoms with Gasteiger partial charge in [0, 0.05) is 41.8 Å². The fourth-order valence-electron chi connectivity index (χ4n) is 3.54. The number of carbonyl (C=O) groups excluding carboxylic acids is 1. The molecule has 3 aromatic heterocycles. The molecule has 10 heteroatoms. The van der Waals surface area contributed by atoms with Crippen LogP contribution in [-0.2, 0) is 0 Å². The van der Waals surface area contributed by atoms with Gasteiger partial charge in [-0.05, 0) is 57.4 Å². The molecule has 0 unspecified atom stereocenters. The van der Waals surface area contributed by atoms with E-state index in [0.29, 0.717) is 17.4 Å². The van der Waals surface area contributed by atoms with E-state index in [4.69, 9.17) is 0 Å². The summed E-state index contributed by atoms with van der Waals surface area (Å²) in [4.78, 5) is 21.6. The zero-order valence-corrected chi connectivity index (χ0v) is 18.8. The van der Waals surface area contributed by atoms with E-state index in [0.717, 1.165) is 45.4 Å². The lowest BCUT2D eigenvalue weighted by molar-refractivity contribution is 0.102. The minimum Gasteiger partial charge on any atom is -0.353 e. The van der Waals surface area contributed by atoms with Crippen LogP contribution in [0.3, 0.4) is 0 Å². The molecule has 0 spiro atoms. The fourth-order valence-corrected chi connectivity index (χ4v) is 4.23. The van der Waals surface area contributed by atoms with Crippen LogP contribution in [0.25, 0.3) is 21.5 Å². The normalized spacial score (nSPS) is 14.1. The first-order valence-corrected chi connectivity index (χ1v) is 11.0. The lowest BCUT2D eigenvalue weighted by Gasteiger charge is -2.43. The van der Waals surface area contributed by atoms with Crippen LogP contribution < -0.4 is 10.2 Å². The minimum absolute atomic E-state index is 0.247. The van der Waals surface area contributed by atoms with Crippen LogP contribution in [0, 0.1) is 6.92 Å². The molecule has 0 aliphatic carbocycles. The molecule has 1 aromatic carbocycles. The van der Waals surface area contributed by atoms with Crippen molar-refractivity contribution in [3.05, 3.63) is 53.2 Å². The van der Waals surface area contributed by atoms with Gasteiger partial charge in [-0.1, -0.05) is 11.3 Å². The van der Waals surface area contributed by atoms with Gasteiger partial charge < -0.3 is 15.1 Å². The number of fused-ring (bicyclic) bond motifs is 1. The summed E-state index contributed by atoms with van der Waals surface area (Å²) in [5.41, 5.74) is 2.23. The first kappa shape index (κ1) is 20.4. The Kier molecular flexibility index (Phi) is 5.24. The third-order valence-corrected chi connectivity index (χ3v) is 6.41. The third kappa shape index (κ3) is 4.02.